The van der Waals surface area contributed by atoms with Gasteiger partial charge in [-0.25, -0.2) is 4.39 Å². The Morgan fingerprint density at radius 3 is 2.46 bits per heavy atom. The largest absolute Gasteiger partial charge is 0.492 e. The number of benzene rings is 2. The molecule has 0 saturated heterocycles. The molecule has 2 aromatic carbocycles. The number of nitrogens with one attached hydrogen (secondary N) is 4. The minimum atomic E-state index is -0.838. The van der Waals surface area contributed by atoms with Crippen molar-refractivity contribution >= 4 is 17.7 Å². The SMILES string of the molecule is CC(C)[C@H]1NC(=O)[C@@H](Cc2cccc(F)c2)NCCOc2ccccc2C[C@@H](C)CNC(=O)[C@H](CC2CC2)NC1=O. The lowest BCUT2D eigenvalue weighted by Gasteiger charge is -2.28. The Morgan fingerprint density at radius 1 is 0.951 bits per heavy atom. The van der Waals surface area contributed by atoms with Gasteiger partial charge in [0.05, 0.1) is 6.04 Å². The lowest BCUT2D eigenvalue weighted by atomic mass is 9.99. The predicted octanol–water partition coefficient (Wildman–Crippen LogP) is 3.14. The highest BCUT2D eigenvalue weighted by Gasteiger charge is 2.34. The number of ether oxygens (including phenoxy) is 1. The van der Waals surface area contributed by atoms with E-state index in [4.69, 9.17) is 4.74 Å². The average Bonchev–Trinajstić information content (AvgIpc) is 3.76. The van der Waals surface area contributed by atoms with Gasteiger partial charge in [0.1, 0.15) is 30.3 Å². The fourth-order valence-corrected chi connectivity index (χ4v) is 5.18. The number of halogens is 1. The third-order valence-corrected chi connectivity index (χ3v) is 7.71. The number of carbonyl (C=O) groups is 3. The van der Waals surface area contributed by atoms with Crippen molar-refractivity contribution < 1.29 is 23.5 Å². The van der Waals surface area contributed by atoms with Crippen LogP contribution in [0.25, 0.3) is 0 Å². The minimum Gasteiger partial charge on any atom is -0.492 e. The molecule has 2 aliphatic rings. The first-order chi connectivity index (χ1) is 19.7. The summed E-state index contributed by atoms with van der Waals surface area (Å²) < 4.78 is 20.0. The maximum Gasteiger partial charge on any atom is 0.243 e. The van der Waals surface area contributed by atoms with Crippen molar-refractivity contribution in [2.24, 2.45) is 17.8 Å². The Labute approximate surface area is 242 Å². The molecule has 4 N–H and O–H groups in total. The fraction of sp³-hybridized carbons (Fsp3) is 0.531. The van der Waals surface area contributed by atoms with Gasteiger partial charge in [-0.3, -0.25) is 14.4 Å². The zero-order valence-corrected chi connectivity index (χ0v) is 24.3. The highest BCUT2D eigenvalue weighted by molar-refractivity contribution is 5.93. The summed E-state index contributed by atoms with van der Waals surface area (Å²) in [4.78, 5) is 40.3. The fourth-order valence-electron chi connectivity index (χ4n) is 5.18. The Kier molecular flexibility index (Phi) is 10.7. The quantitative estimate of drug-likeness (QED) is 0.445. The lowest BCUT2D eigenvalue weighted by molar-refractivity contribution is -0.133. The van der Waals surface area contributed by atoms with Crippen molar-refractivity contribution in [3.05, 3.63) is 65.5 Å². The number of hydrogen-bond donors (Lipinski definition) is 4. The maximum atomic E-state index is 13.9. The molecule has 0 bridgehead atoms. The number of amides is 3. The molecule has 1 heterocycles. The topological polar surface area (TPSA) is 109 Å². The van der Waals surface area contributed by atoms with Crippen LogP contribution in [0, 0.1) is 23.6 Å². The molecule has 1 saturated carbocycles. The molecule has 222 valence electrons. The molecule has 41 heavy (non-hydrogen) atoms. The summed E-state index contributed by atoms with van der Waals surface area (Å²) in [6, 6.07) is 11.7. The van der Waals surface area contributed by atoms with Crippen LogP contribution in [0.2, 0.25) is 0 Å². The minimum absolute atomic E-state index is 0.149. The molecule has 0 unspecified atom stereocenters. The van der Waals surface area contributed by atoms with Crippen molar-refractivity contribution in [2.45, 2.75) is 71.0 Å². The highest BCUT2D eigenvalue weighted by atomic mass is 19.1. The van der Waals surface area contributed by atoms with Gasteiger partial charge in [-0.15, -0.1) is 0 Å². The first-order valence-electron chi connectivity index (χ1n) is 14.8. The highest BCUT2D eigenvalue weighted by Crippen LogP contribution is 2.33. The van der Waals surface area contributed by atoms with Gasteiger partial charge in [0.25, 0.3) is 0 Å². The van der Waals surface area contributed by atoms with Crippen LogP contribution >= 0.6 is 0 Å². The summed E-state index contributed by atoms with van der Waals surface area (Å²) in [5.74, 6) is -0.235. The summed E-state index contributed by atoms with van der Waals surface area (Å²) in [7, 11) is 0. The van der Waals surface area contributed by atoms with Crippen LogP contribution in [0.4, 0.5) is 4.39 Å². The molecule has 1 aliphatic carbocycles. The number of para-hydroxylation sites is 1. The van der Waals surface area contributed by atoms with Crippen molar-refractivity contribution in [3.63, 3.8) is 0 Å². The van der Waals surface area contributed by atoms with E-state index >= 15 is 0 Å². The Hall–Kier alpha value is -3.46. The number of rotatable bonds is 5. The van der Waals surface area contributed by atoms with Gasteiger partial charge in [-0.2, -0.15) is 0 Å². The molecule has 9 heteroatoms. The van der Waals surface area contributed by atoms with Crippen LogP contribution in [0.5, 0.6) is 5.75 Å². The van der Waals surface area contributed by atoms with E-state index in [9.17, 15) is 18.8 Å². The second-order valence-electron chi connectivity index (χ2n) is 11.8. The molecule has 4 atom stereocenters. The molecule has 2 aromatic rings. The summed E-state index contributed by atoms with van der Waals surface area (Å²) in [5.41, 5.74) is 1.69. The van der Waals surface area contributed by atoms with E-state index in [2.05, 4.69) is 28.2 Å². The molecule has 4 rings (SSSR count). The lowest BCUT2D eigenvalue weighted by Crippen LogP contribution is -2.58. The van der Waals surface area contributed by atoms with Crippen LogP contribution in [0.1, 0.15) is 51.2 Å². The molecule has 0 spiro atoms. The van der Waals surface area contributed by atoms with E-state index < -0.39 is 18.1 Å². The normalized spacial score (nSPS) is 25.1. The molecular formula is C32H43FN4O4. The monoisotopic (exact) mass is 566 g/mol. The van der Waals surface area contributed by atoms with Crippen LogP contribution < -0.4 is 26.0 Å². The van der Waals surface area contributed by atoms with Crippen molar-refractivity contribution in [1.82, 2.24) is 21.3 Å². The van der Waals surface area contributed by atoms with Gasteiger partial charge in [-0.05, 0) is 66.3 Å². The molecule has 3 amide bonds. The van der Waals surface area contributed by atoms with Crippen LogP contribution in [0.3, 0.4) is 0 Å². The van der Waals surface area contributed by atoms with Crippen molar-refractivity contribution in [3.8, 4) is 5.75 Å². The van der Waals surface area contributed by atoms with E-state index in [1.165, 1.54) is 12.1 Å². The van der Waals surface area contributed by atoms with Gasteiger partial charge in [0, 0.05) is 13.1 Å². The first-order valence-corrected chi connectivity index (χ1v) is 14.8. The molecule has 1 fully saturated rings. The van der Waals surface area contributed by atoms with Gasteiger partial charge in [0.2, 0.25) is 17.7 Å². The van der Waals surface area contributed by atoms with Crippen LogP contribution in [-0.2, 0) is 27.2 Å². The predicted molar refractivity (Wildman–Crippen MR) is 156 cm³/mol. The van der Waals surface area contributed by atoms with Crippen LogP contribution in [-0.4, -0.2) is 55.5 Å². The van der Waals surface area contributed by atoms with Crippen molar-refractivity contribution in [1.29, 1.82) is 0 Å². The Balaban J connectivity index is 1.58. The third kappa shape index (κ3) is 9.28. The number of carbonyl (C=O) groups excluding carboxylic acids is 3. The van der Waals surface area contributed by atoms with Crippen LogP contribution in [0.15, 0.2) is 48.5 Å². The molecule has 1 aliphatic heterocycles. The number of hydrogen-bond acceptors (Lipinski definition) is 5. The van der Waals surface area contributed by atoms with Gasteiger partial charge in [0.15, 0.2) is 0 Å². The van der Waals surface area contributed by atoms with E-state index in [1.54, 1.807) is 12.1 Å². The van der Waals surface area contributed by atoms with Crippen molar-refractivity contribution in [2.75, 3.05) is 19.7 Å². The zero-order chi connectivity index (χ0) is 29.4. The first kappa shape index (κ1) is 30.5. The van der Waals surface area contributed by atoms with Gasteiger partial charge < -0.3 is 26.0 Å². The second-order valence-corrected chi connectivity index (χ2v) is 11.8. The molecule has 0 radical (unpaired) electrons. The van der Waals surface area contributed by atoms with E-state index in [0.717, 1.165) is 24.2 Å². The Bertz CT molecular complexity index is 1200. The van der Waals surface area contributed by atoms with E-state index in [1.807, 2.05) is 38.1 Å². The maximum absolute atomic E-state index is 13.9. The summed E-state index contributed by atoms with van der Waals surface area (Å²) in [6.45, 7) is 6.94. The second kappa shape index (κ2) is 14.4. The summed E-state index contributed by atoms with van der Waals surface area (Å²) in [6.07, 6.45) is 3.61. The summed E-state index contributed by atoms with van der Waals surface area (Å²) >= 11 is 0. The average molecular weight is 567 g/mol. The zero-order valence-electron chi connectivity index (χ0n) is 24.3. The smallest absolute Gasteiger partial charge is 0.243 e. The summed E-state index contributed by atoms with van der Waals surface area (Å²) in [5, 5.41) is 12.1. The standard InChI is InChI=1S/C32H43FN4O4/c1-20(2)29-32(40)36-27(17-22-11-12-22)30(38)35-19-21(3)15-24-8-4-5-10-28(24)41-14-13-34-26(31(39)37-29)18-23-7-6-9-25(33)16-23/h4-10,16,20-22,26-27,29,34H,11-15,17-19H2,1-3H3,(H,35,38)(H,36,40)(H,37,39)/t21-,26-,27+,29-/m1/s1. The molecule has 8 nitrogen and oxygen atoms in total. The Morgan fingerprint density at radius 2 is 1.73 bits per heavy atom. The van der Waals surface area contributed by atoms with E-state index in [0.29, 0.717) is 44.0 Å². The van der Waals surface area contributed by atoms with E-state index in [-0.39, 0.29) is 41.8 Å². The third-order valence-electron chi connectivity index (χ3n) is 7.71. The van der Waals surface area contributed by atoms with Gasteiger partial charge in [-0.1, -0.05) is 63.9 Å². The van der Waals surface area contributed by atoms with Gasteiger partial charge >= 0.3 is 0 Å². The molecular weight excluding hydrogens is 523 g/mol. The number of fused-ring (bicyclic) bond motifs is 1. The molecule has 0 aromatic heterocycles.